The number of aromatic nitrogens is 3. The van der Waals surface area contributed by atoms with E-state index in [0.29, 0.717) is 5.65 Å². The predicted molar refractivity (Wildman–Crippen MR) is 79.7 cm³/mol. The Hall–Kier alpha value is -1.99. The normalized spacial score (nSPS) is 23.5. The number of nitrogens with zero attached hydrogens (tertiary/aromatic N) is 4. The van der Waals surface area contributed by atoms with Crippen LogP contribution in [0, 0.1) is 0 Å². The Morgan fingerprint density at radius 3 is 2.95 bits per heavy atom. The largest absolute Gasteiger partial charge is 0.477 e. The highest BCUT2D eigenvalue weighted by Crippen LogP contribution is 2.22. The Bertz CT molecular complexity index is 695. The van der Waals surface area contributed by atoms with Crippen LogP contribution in [0.15, 0.2) is 18.6 Å². The Morgan fingerprint density at radius 2 is 2.18 bits per heavy atom. The number of carboxylic acid groups (broad SMARTS) is 1. The van der Waals surface area contributed by atoms with E-state index < -0.39 is 11.6 Å². The van der Waals surface area contributed by atoms with Crippen molar-refractivity contribution < 1.29 is 15.0 Å². The lowest BCUT2D eigenvalue weighted by Crippen LogP contribution is -2.28. The Kier molecular flexibility index (Phi) is 3.84. The lowest BCUT2D eigenvalue weighted by atomic mass is 9.98. The molecule has 2 aromatic heterocycles. The molecule has 1 aliphatic heterocycles. The molecule has 1 aliphatic rings. The van der Waals surface area contributed by atoms with Crippen LogP contribution in [0.1, 0.15) is 42.1 Å². The molecule has 0 amide bonds. The van der Waals surface area contributed by atoms with Gasteiger partial charge in [-0.1, -0.05) is 0 Å². The zero-order chi connectivity index (χ0) is 15.7. The highest BCUT2D eigenvalue weighted by atomic mass is 16.4. The van der Waals surface area contributed by atoms with E-state index in [1.54, 1.807) is 6.20 Å². The molecule has 2 aromatic rings. The van der Waals surface area contributed by atoms with Gasteiger partial charge in [0.25, 0.3) is 0 Å². The van der Waals surface area contributed by atoms with Gasteiger partial charge in [0, 0.05) is 31.0 Å². The Balaban J connectivity index is 1.75. The summed E-state index contributed by atoms with van der Waals surface area (Å²) < 4.78 is 1.51. The SMILES string of the molecule is C[C@]1(O)CCCN(Cc2cnc3c(C(=O)O)cnn3c2)CC1. The van der Waals surface area contributed by atoms with Gasteiger partial charge in [-0.05, 0) is 32.7 Å². The summed E-state index contributed by atoms with van der Waals surface area (Å²) in [6.45, 7) is 4.39. The molecule has 0 spiro atoms. The van der Waals surface area contributed by atoms with Crippen molar-refractivity contribution in [1.82, 2.24) is 19.5 Å². The van der Waals surface area contributed by atoms with E-state index in [4.69, 9.17) is 5.11 Å². The molecule has 7 nitrogen and oxygen atoms in total. The van der Waals surface area contributed by atoms with Crippen molar-refractivity contribution in [2.24, 2.45) is 0 Å². The fraction of sp³-hybridized carbons (Fsp3) is 0.533. The smallest absolute Gasteiger partial charge is 0.341 e. The highest BCUT2D eigenvalue weighted by Gasteiger charge is 2.25. The van der Waals surface area contributed by atoms with Gasteiger partial charge in [0.1, 0.15) is 5.56 Å². The number of rotatable bonds is 3. The maximum Gasteiger partial charge on any atom is 0.341 e. The number of aliphatic hydroxyl groups is 1. The van der Waals surface area contributed by atoms with Crippen molar-refractivity contribution in [2.45, 2.75) is 38.3 Å². The molecule has 1 saturated heterocycles. The first-order chi connectivity index (χ1) is 10.4. The van der Waals surface area contributed by atoms with Crippen molar-refractivity contribution >= 4 is 11.6 Å². The molecule has 3 heterocycles. The molecule has 0 saturated carbocycles. The highest BCUT2D eigenvalue weighted by molar-refractivity contribution is 5.93. The first kappa shape index (κ1) is 14.9. The Morgan fingerprint density at radius 1 is 1.36 bits per heavy atom. The molecule has 0 radical (unpaired) electrons. The standard InChI is InChI=1S/C15H20N4O3/c1-15(22)3-2-5-18(6-4-15)9-11-7-16-13-12(14(20)21)8-17-19(13)10-11/h7-8,10,22H,2-6,9H2,1H3,(H,20,21)/t15-/m0/s1. The summed E-state index contributed by atoms with van der Waals surface area (Å²) >= 11 is 0. The van der Waals surface area contributed by atoms with Crippen LogP contribution in [-0.4, -0.2) is 54.4 Å². The van der Waals surface area contributed by atoms with E-state index in [-0.39, 0.29) is 5.56 Å². The van der Waals surface area contributed by atoms with Crippen LogP contribution in [0.4, 0.5) is 0 Å². The van der Waals surface area contributed by atoms with E-state index in [1.165, 1.54) is 10.7 Å². The van der Waals surface area contributed by atoms with Gasteiger partial charge in [-0.2, -0.15) is 5.10 Å². The lowest BCUT2D eigenvalue weighted by Gasteiger charge is -2.22. The molecule has 1 atom stereocenters. The molecule has 1 fully saturated rings. The summed E-state index contributed by atoms with van der Waals surface area (Å²) in [7, 11) is 0. The molecule has 118 valence electrons. The minimum absolute atomic E-state index is 0.109. The van der Waals surface area contributed by atoms with Gasteiger partial charge in [0.05, 0.1) is 11.8 Å². The van der Waals surface area contributed by atoms with Crippen LogP contribution in [0.25, 0.3) is 5.65 Å². The number of carbonyl (C=O) groups is 1. The maximum atomic E-state index is 11.1. The average molecular weight is 304 g/mol. The van der Waals surface area contributed by atoms with Gasteiger partial charge in [0.15, 0.2) is 5.65 Å². The maximum absolute atomic E-state index is 11.1. The summed E-state index contributed by atoms with van der Waals surface area (Å²) in [5.74, 6) is -1.02. The van der Waals surface area contributed by atoms with Gasteiger partial charge < -0.3 is 10.2 Å². The number of aromatic carboxylic acids is 1. The molecule has 7 heteroatoms. The van der Waals surface area contributed by atoms with Crippen molar-refractivity contribution in [3.05, 3.63) is 29.7 Å². The minimum atomic E-state index is -1.02. The predicted octanol–water partition coefficient (Wildman–Crippen LogP) is 1.16. The molecular formula is C15H20N4O3. The summed E-state index contributed by atoms with van der Waals surface area (Å²) in [4.78, 5) is 17.6. The molecule has 0 aromatic carbocycles. The summed E-state index contributed by atoms with van der Waals surface area (Å²) in [5.41, 5.74) is 0.872. The van der Waals surface area contributed by atoms with Crippen molar-refractivity contribution in [1.29, 1.82) is 0 Å². The fourth-order valence-corrected chi connectivity index (χ4v) is 2.88. The molecule has 22 heavy (non-hydrogen) atoms. The summed E-state index contributed by atoms with van der Waals surface area (Å²) in [6, 6.07) is 0. The zero-order valence-corrected chi connectivity index (χ0v) is 12.6. The summed E-state index contributed by atoms with van der Waals surface area (Å²) in [6.07, 6.45) is 7.38. The molecule has 0 aliphatic carbocycles. The topological polar surface area (TPSA) is 91.0 Å². The minimum Gasteiger partial charge on any atom is -0.477 e. The third-order valence-electron chi connectivity index (χ3n) is 4.20. The second-order valence-electron chi connectivity index (χ2n) is 6.22. The van der Waals surface area contributed by atoms with Crippen LogP contribution in [0.3, 0.4) is 0 Å². The molecular weight excluding hydrogens is 284 g/mol. The first-order valence-electron chi connectivity index (χ1n) is 7.45. The monoisotopic (exact) mass is 304 g/mol. The van der Waals surface area contributed by atoms with Crippen molar-refractivity contribution in [3.63, 3.8) is 0 Å². The van der Waals surface area contributed by atoms with Crippen LogP contribution < -0.4 is 0 Å². The average Bonchev–Trinajstić information content (AvgIpc) is 2.80. The summed E-state index contributed by atoms with van der Waals surface area (Å²) in [5, 5.41) is 23.2. The van der Waals surface area contributed by atoms with E-state index in [1.807, 2.05) is 13.1 Å². The zero-order valence-electron chi connectivity index (χ0n) is 12.6. The number of hydrogen-bond donors (Lipinski definition) is 2. The van der Waals surface area contributed by atoms with E-state index >= 15 is 0 Å². The first-order valence-corrected chi connectivity index (χ1v) is 7.45. The van der Waals surface area contributed by atoms with Crippen molar-refractivity contribution in [2.75, 3.05) is 13.1 Å². The van der Waals surface area contributed by atoms with Gasteiger partial charge in [-0.15, -0.1) is 0 Å². The number of fused-ring (bicyclic) bond motifs is 1. The second kappa shape index (κ2) is 5.66. The molecule has 3 rings (SSSR count). The van der Waals surface area contributed by atoms with Crippen LogP contribution in [-0.2, 0) is 6.54 Å². The van der Waals surface area contributed by atoms with Crippen molar-refractivity contribution in [3.8, 4) is 0 Å². The van der Waals surface area contributed by atoms with Gasteiger partial charge in [-0.3, -0.25) is 4.90 Å². The molecule has 2 N–H and O–H groups in total. The van der Waals surface area contributed by atoms with E-state index in [9.17, 15) is 9.90 Å². The molecule has 0 bridgehead atoms. The van der Waals surface area contributed by atoms with Crippen LogP contribution >= 0.6 is 0 Å². The third-order valence-corrected chi connectivity index (χ3v) is 4.20. The van der Waals surface area contributed by atoms with Gasteiger partial charge in [0.2, 0.25) is 0 Å². The second-order valence-corrected chi connectivity index (χ2v) is 6.22. The van der Waals surface area contributed by atoms with E-state index in [0.717, 1.165) is 44.5 Å². The van der Waals surface area contributed by atoms with Gasteiger partial charge in [-0.25, -0.2) is 14.3 Å². The number of hydrogen-bond acceptors (Lipinski definition) is 5. The quantitative estimate of drug-likeness (QED) is 0.884. The van der Waals surface area contributed by atoms with Gasteiger partial charge >= 0.3 is 5.97 Å². The van der Waals surface area contributed by atoms with Crippen LogP contribution in [0.5, 0.6) is 0 Å². The van der Waals surface area contributed by atoms with Crippen LogP contribution in [0.2, 0.25) is 0 Å². The molecule has 0 unspecified atom stereocenters. The fourth-order valence-electron chi connectivity index (χ4n) is 2.88. The lowest BCUT2D eigenvalue weighted by molar-refractivity contribution is 0.0444. The number of likely N-dealkylation sites (tertiary alicyclic amines) is 1. The third kappa shape index (κ3) is 3.10. The number of carboxylic acids is 1. The Labute approximate surface area is 128 Å². The van der Waals surface area contributed by atoms with E-state index in [2.05, 4.69) is 15.0 Å².